The second-order valence-corrected chi connectivity index (χ2v) is 13.4. The van der Waals surface area contributed by atoms with Crippen molar-refractivity contribution in [1.82, 2.24) is 10.2 Å². The van der Waals surface area contributed by atoms with Gasteiger partial charge in [0.15, 0.2) is 0 Å². The Kier molecular flexibility index (Phi) is 9.90. The van der Waals surface area contributed by atoms with Crippen LogP contribution < -0.4 is 5.32 Å². The molecule has 0 radical (unpaired) electrons. The van der Waals surface area contributed by atoms with Gasteiger partial charge in [-0.2, -0.15) is 13.2 Å². The number of carboxylic acid groups (broad SMARTS) is 2. The molecule has 0 aliphatic carbocycles. The summed E-state index contributed by atoms with van der Waals surface area (Å²) in [6, 6.07) is 24.3. The van der Waals surface area contributed by atoms with E-state index in [1.165, 1.54) is 29.3 Å². The molecule has 0 aromatic heterocycles. The van der Waals surface area contributed by atoms with Crippen LogP contribution in [0.2, 0.25) is 0 Å². The van der Waals surface area contributed by atoms with Crippen molar-refractivity contribution in [2.45, 2.75) is 82.5 Å². The van der Waals surface area contributed by atoms with Gasteiger partial charge in [0.1, 0.15) is 0 Å². The number of piperidine rings is 2. The third kappa shape index (κ3) is 5.97. The van der Waals surface area contributed by atoms with Crippen LogP contribution in [0.4, 0.5) is 13.2 Å². The second-order valence-electron chi connectivity index (χ2n) is 13.4. The highest BCUT2D eigenvalue weighted by Gasteiger charge is 2.66. The summed E-state index contributed by atoms with van der Waals surface area (Å²) in [7, 11) is 0. The van der Waals surface area contributed by atoms with Crippen LogP contribution in [-0.4, -0.2) is 58.8 Å². The number of alkyl halides is 3. The van der Waals surface area contributed by atoms with Crippen LogP contribution in [0.5, 0.6) is 0 Å². The summed E-state index contributed by atoms with van der Waals surface area (Å²) in [5.41, 5.74) is -2.50. The van der Waals surface area contributed by atoms with Gasteiger partial charge < -0.3 is 20.4 Å². The quantitative estimate of drug-likeness (QED) is 0.210. The first-order chi connectivity index (χ1) is 22.3. The van der Waals surface area contributed by atoms with E-state index in [1.807, 2.05) is 12.1 Å². The van der Waals surface area contributed by atoms with Crippen molar-refractivity contribution in [3.8, 4) is 0 Å². The zero-order valence-electron chi connectivity index (χ0n) is 27.3. The van der Waals surface area contributed by atoms with Crippen LogP contribution in [0, 0.1) is 10.8 Å². The number of aliphatic carboxylic acids is 2. The van der Waals surface area contributed by atoms with Gasteiger partial charge in [-0.05, 0) is 88.3 Å². The number of likely N-dealkylation sites (tertiary alicyclic amines) is 1. The summed E-state index contributed by atoms with van der Waals surface area (Å²) >= 11 is 0. The topological polar surface area (TPSA) is 89.9 Å². The molecule has 2 saturated heterocycles. The van der Waals surface area contributed by atoms with Gasteiger partial charge in [-0.15, -0.1) is 0 Å². The smallest absolute Gasteiger partial charge is 0.416 e. The summed E-state index contributed by atoms with van der Waals surface area (Å²) in [5.74, 6) is -4.01. The molecule has 47 heavy (non-hydrogen) atoms. The number of hydrogen-bond donors (Lipinski definition) is 3. The monoisotopic (exact) mass is 650 g/mol. The minimum absolute atomic E-state index is 0.0219. The molecule has 2 aliphatic rings. The summed E-state index contributed by atoms with van der Waals surface area (Å²) in [6.45, 7) is 7.02. The van der Waals surface area contributed by atoms with Crippen LogP contribution in [0.3, 0.4) is 0 Å². The van der Waals surface area contributed by atoms with Crippen LogP contribution in [0.1, 0.15) is 81.0 Å². The lowest BCUT2D eigenvalue weighted by Crippen LogP contribution is -2.69. The molecule has 3 N–H and O–H groups in total. The summed E-state index contributed by atoms with van der Waals surface area (Å²) < 4.78 is 43.5. The van der Waals surface area contributed by atoms with Crippen LogP contribution >= 0.6 is 0 Å². The Labute approximate surface area is 275 Å². The highest BCUT2D eigenvalue weighted by atomic mass is 19.4. The molecule has 5 unspecified atom stereocenters. The molecule has 252 valence electrons. The van der Waals surface area contributed by atoms with Crippen molar-refractivity contribution < 1.29 is 33.0 Å². The van der Waals surface area contributed by atoms with Gasteiger partial charge in [-0.1, -0.05) is 85.8 Å². The Hall–Kier alpha value is -3.69. The van der Waals surface area contributed by atoms with E-state index < -0.39 is 52.5 Å². The molecular weight excluding hydrogens is 605 g/mol. The SMILES string of the molecule is CCC1(C(=O)O)C(C)NC(C)C(CCCN2CCC(c3ccccc3)(c3ccccc3)CC2)(C(=O)O)C1c1ccccc1C(F)(F)F. The Bertz CT molecular complexity index is 1500. The van der Waals surface area contributed by atoms with E-state index in [0.717, 1.165) is 32.0 Å². The molecule has 3 aromatic rings. The van der Waals surface area contributed by atoms with E-state index in [9.17, 15) is 33.0 Å². The summed E-state index contributed by atoms with van der Waals surface area (Å²) in [6.07, 6.45) is -2.69. The fourth-order valence-electron chi connectivity index (χ4n) is 8.95. The van der Waals surface area contributed by atoms with Gasteiger partial charge in [-0.3, -0.25) is 9.59 Å². The first kappa shape index (κ1) is 34.6. The van der Waals surface area contributed by atoms with E-state index in [2.05, 4.69) is 58.7 Å². The highest BCUT2D eigenvalue weighted by Crippen LogP contribution is 2.60. The number of carboxylic acids is 2. The highest BCUT2D eigenvalue weighted by molar-refractivity contribution is 5.84. The Morgan fingerprint density at radius 2 is 1.30 bits per heavy atom. The number of hydrogen-bond acceptors (Lipinski definition) is 4. The molecule has 0 saturated carbocycles. The first-order valence-electron chi connectivity index (χ1n) is 16.6. The van der Waals surface area contributed by atoms with E-state index in [-0.39, 0.29) is 23.8 Å². The molecule has 0 spiro atoms. The minimum Gasteiger partial charge on any atom is -0.481 e. The zero-order valence-corrected chi connectivity index (χ0v) is 27.3. The van der Waals surface area contributed by atoms with E-state index in [4.69, 9.17) is 0 Å². The molecule has 3 aromatic carbocycles. The van der Waals surface area contributed by atoms with Gasteiger partial charge in [-0.25, -0.2) is 0 Å². The van der Waals surface area contributed by atoms with Gasteiger partial charge >= 0.3 is 18.1 Å². The van der Waals surface area contributed by atoms with Gasteiger partial charge in [0.05, 0.1) is 16.4 Å². The molecule has 5 rings (SSSR count). The normalized spacial score (nSPS) is 28.1. The van der Waals surface area contributed by atoms with E-state index in [0.29, 0.717) is 13.0 Å². The standard InChI is InChI=1S/C38H45F3N2O4/c1-4-36(33(44)45)26(2)42-27(3)37(34(46)47,32(36)30-18-11-12-19-31(30)38(39,40)41)20-13-23-43-24-21-35(22-25-43,28-14-7-5-8-15-28)29-16-9-6-10-17-29/h5-12,14-19,26-27,32,42H,4,13,20-25H2,1-3H3,(H,44,45)(H,46,47). The van der Waals surface area contributed by atoms with Gasteiger partial charge in [0, 0.05) is 23.4 Å². The molecule has 5 atom stereocenters. The van der Waals surface area contributed by atoms with Gasteiger partial charge in [0.2, 0.25) is 0 Å². The Morgan fingerprint density at radius 3 is 1.79 bits per heavy atom. The predicted octanol–water partition coefficient (Wildman–Crippen LogP) is 7.58. The van der Waals surface area contributed by atoms with Crippen molar-refractivity contribution in [2.24, 2.45) is 10.8 Å². The number of rotatable bonds is 10. The number of nitrogens with zero attached hydrogens (tertiary/aromatic N) is 1. The lowest BCUT2D eigenvalue weighted by Gasteiger charge is -2.57. The molecule has 0 amide bonds. The first-order valence-corrected chi connectivity index (χ1v) is 16.6. The minimum atomic E-state index is -4.78. The van der Waals surface area contributed by atoms with Crippen LogP contribution in [0.15, 0.2) is 84.9 Å². The molecule has 9 heteroatoms. The molecule has 2 fully saturated rings. The summed E-state index contributed by atoms with van der Waals surface area (Å²) in [4.78, 5) is 29.0. The number of halogens is 3. The molecular formula is C38H45F3N2O4. The third-order valence-electron chi connectivity index (χ3n) is 11.5. The predicted molar refractivity (Wildman–Crippen MR) is 175 cm³/mol. The fourth-order valence-corrected chi connectivity index (χ4v) is 8.95. The summed E-state index contributed by atoms with van der Waals surface area (Å²) in [5, 5.41) is 25.0. The van der Waals surface area contributed by atoms with E-state index in [1.54, 1.807) is 20.8 Å². The van der Waals surface area contributed by atoms with Crippen LogP contribution in [0.25, 0.3) is 0 Å². The molecule has 2 aliphatic heterocycles. The third-order valence-corrected chi connectivity index (χ3v) is 11.5. The lowest BCUT2D eigenvalue weighted by molar-refractivity contribution is -0.175. The average Bonchev–Trinajstić information content (AvgIpc) is 3.06. The zero-order chi connectivity index (χ0) is 34.0. The fraction of sp³-hybridized carbons (Fsp3) is 0.474. The molecule has 6 nitrogen and oxygen atoms in total. The maximum atomic E-state index is 14.5. The van der Waals surface area contributed by atoms with Crippen molar-refractivity contribution in [2.75, 3.05) is 19.6 Å². The average molecular weight is 651 g/mol. The largest absolute Gasteiger partial charge is 0.481 e. The number of nitrogens with one attached hydrogen (secondary N) is 1. The molecule has 0 bridgehead atoms. The van der Waals surface area contributed by atoms with E-state index >= 15 is 0 Å². The molecule has 2 heterocycles. The Balaban J connectivity index is 1.46. The second kappa shape index (κ2) is 13.4. The van der Waals surface area contributed by atoms with Crippen LogP contribution in [-0.2, 0) is 21.2 Å². The lowest BCUT2D eigenvalue weighted by atomic mass is 9.49. The number of carbonyl (C=O) groups is 2. The maximum Gasteiger partial charge on any atom is 0.416 e. The number of benzene rings is 3. The Morgan fingerprint density at radius 1 is 0.809 bits per heavy atom. The van der Waals surface area contributed by atoms with Crippen molar-refractivity contribution in [1.29, 1.82) is 0 Å². The van der Waals surface area contributed by atoms with Crippen molar-refractivity contribution in [3.63, 3.8) is 0 Å². The maximum absolute atomic E-state index is 14.5. The van der Waals surface area contributed by atoms with Crippen molar-refractivity contribution >= 4 is 11.9 Å². The van der Waals surface area contributed by atoms with Gasteiger partial charge in [0.25, 0.3) is 0 Å². The van der Waals surface area contributed by atoms with Crippen molar-refractivity contribution in [3.05, 3.63) is 107 Å².